The van der Waals surface area contributed by atoms with Crippen LogP contribution in [0.2, 0.25) is 0 Å². The summed E-state index contributed by atoms with van der Waals surface area (Å²) < 4.78 is 15.8. The van der Waals surface area contributed by atoms with Crippen molar-refractivity contribution in [2.75, 3.05) is 13.1 Å². The fourth-order valence-electron chi connectivity index (χ4n) is 3.56. The van der Waals surface area contributed by atoms with Crippen molar-refractivity contribution in [3.8, 4) is 0 Å². The van der Waals surface area contributed by atoms with Crippen LogP contribution in [0.4, 0.5) is 4.39 Å². The predicted octanol–water partition coefficient (Wildman–Crippen LogP) is 4.02. The van der Waals surface area contributed by atoms with Gasteiger partial charge in [-0.2, -0.15) is 4.99 Å². The zero-order chi connectivity index (χ0) is 21.1. The standard InChI is InChI=1S/C23H22FN3O2S/c1-16-15-30-23(25-21(28)19-9-2-3-10-20(19)24)27(16)14-17-7-6-8-18(13-17)22(29)26-11-4-5-12-26/h2-3,6-10,13,15H,4-5,11-12,14H2,1H3. The third-order valence-electron chi connectivity index (χ3n) is 5.20. The summed E-state index contributed by atoms with van der Waals surface area (Å²) in [5.74, 6) is -1.14. The molecule has 2 amide bonds. The molecule has 1 saturated heterocycles. The van der Waals surface area contributed by atoms with Crippen LogP contribution in [0.15, 0.2) is 58.9 Å². The second-order valence-electron chi connectivity index (χ2n) is 7.34. The fraction of sp³-hybridized carbons (Fsp3) is 0.261. The van der Waals surface area contributed by atoms with Gasteiger partial charge in [-0.1, -0.05) is 24.3 Å². The van der Waals surface area contributed by atoms with E-state index in [2.05, 4.69) is 4.99 Å². The number of rotatable bonds is 4. The van der Waals surface area contributed by atoms with E-state index in [1.165, 1.54) is 29.5 Å². The monoisotopic (exact) mass is 423 g/mol. The second kappa shape index (κ2) is 8.75. The third kappa shape index (κ3) is 4.26. The van der Waals surface area contributed by atoms with Gasteiger partial charge in [-0.3, -0.25) is 9.59 Å². The van der Waals surface area contributed by atoms with E-state index in [4.69, 9.17) is 0 Å². The summed E-state index contributed by atoms with van der Waals surface area (Å²) in [5, 5.41) is 1.91. The van der Waals surface area contributed by atoms with Crippen molar-refractivity contribution >= 4 is 23.2 Å². The van der Waals surface area contributed by atoms with E-state index in [1.54, 1.807) is 6.07 Å². The molecule has 0 N–H and O–H groups in total. The van der Waals surface area contributed by atoms with Crippen molar-refractivity contribution in [2.24, 2.45) is 4.99 Å². The van der Waals surface area contributed by atoms with Crippen molar-refractivity contribution < 1.29 is 14.0 Å². The predicted molar refractivity (Wildman–Crippen MR) is 114 cm³/mol. The average molecular weight is 424 g/mol. The first kappa shape index (κ1) is 20.2. The summed E-state index contributed by atoms with van der Waals surface area (Å²) in [4.78, 5) is 31.7. The van der Waals surface area contributed by atoms with E-state index in [0.29, 0.717) is 16.9 Å². The normalized spacial score (nSPS) is 14.3. The summed E-state index contributed by atoms with van der Waals surface area (Å²) in [6.45, 7) is 4.02. The molecule has 5 nitrogen and oxygen atoms in total. The number of halogens is 1. The number of carbonyl (C=O) groups excluding carboxylic acids is 2. The molecule has 0 spiro atoms. The Morgan fingerprint density at radius 1 is 1.10 bits per heavy atom. The van der Waals surface area contributed by atoms with Gasteiger partial charge in [-0.15, -0.1) is 11.3 Å². The lowest BCUT2D eigenvalue weighted by molar-refractivity contribution is 0.0792. The summed E-state index contributed by atoms with van der Waals surface area (Å²) in [5.41, 5.74) is 2.51. The number of benzene rings is 2. The molecular formula is C23H22FN3O2S. The zero-order valence-electron chi connectivity index (χ0n) is 16.7. The highest BCUT2D eigenvalue weighted by molar-refractivity contribution is 7.07. The van der Waals surface area contributed by atoms with Crippen LogP contribution in [0.5, 0.6) is 0 Å². The Kier molecular flexibility index (Phi) is 5.90. The summed E-state index contributed by atoms with van der Waals surface area (Å²) >= 11 is 1.33. The van der Waals surface area contributed by atoms with Crippen molar-refractivity contribution in [2.45, 2.75) is 26.3 Å². The quantitative estimate of drug-likeness (QED) is 0.636. The van der Waals surface area contributed by atoms with Crippen molar-refractivity contribution in [3.63, 3.8) is 0 Å². The number of aryl methyl sites for hydroxylation is 1. The van der Waals surface area contributed by atoms with Gasteiger partial charge in [0.1, 0.15) is 5.82 Å². The maximum Gasteiger partial charge on any atom is 0.282 e. The number of carbonyl (C=O) groups is 2. The first-order chi connectivity index (χ1) is 14.5. The molecule has 2 heterocycles. The SMILES string of the molecule is Cc1csc(=NC(=O)c2ccccc2F)n1Cc1cccc(C(=O)N2CCCC2)c1. The van der Waals surface area contributed by atoms with Gasteiger partial charge >= 0.3 is 0 Å². The van der Waals surface area contributed by atoms with Crippen molar-refractivity contribution in [1.29, 1.82) is 0 Å². The highest BCUT2D eigenvalue weighted by Crippen LogP contribution is 2.15. The van der Waals surface area contributed by atoms with Crippen LogP contribution < -0.4 is 4.80 Å². The molecule has 1 aromatic heterocycles. The number of nitrogens with zero attached hydrogens (tertiary/aromatic N) is 3. The lowest BCUT2D eigenvalue weighted by Crippen LogP contribution is -2.27. The molecule has 30 heavy (non-hydrogen) atoms. The molecule has 3 aromatic rings. The molecule has 1 aliphatic heterocycles. The summed E-state index contributed by atoms with van der Waals surface area (Å²) in [7, 11) is 0. The number of likely N-dealkylation sites (tertiary alicyclic amines) is 1. The van der Waals surface area contributed by atoms with E-state index in [9.17, 15) is 14.0 Å². The first-order valence-corrected chi connectivity index (χ1v) is 10.8. The number of amides is 2. The van der Waals surface area contributed by atoms with Crippen molar-refractivity contribution in [3.05, 3.63) is 86.9 Å². The molecule has 0 bridgehead atoms. The van der Waals surface area contributed by atoms with Gasteiger partial charge in [-0.05, 0) is 49.6 Å². The third-order valence-corrected chi connectivity index (χ3v) is 6.18. The Bertz CT molecular complexity index is 1160. The Labute approximate surface area is 178 Å². The van der Waals surface area contributed by atoms with E-state index < -0.39 is 11.7 Å². The maximum absolute atomic E-state index is 13.9. The van der Waals surface area contributed by atoms with Gasteiger partial charge in [0, 0.05) is 29.7 Å². The van der Waals surface area contributed by atoms with Crippen LogP contribution in [0, 0.1) is 12.7 Å². The second-order valence-corrected chi connectivity index (χ2v) is 8.18. The molecule has 0 aliphatic carbocycles. The van der Waals surface area contributed by atoms with Crippen LogP contribution in [-0.2, 0) is 6.54 Å². The van der Waals surface area contributed by atoms with Crippen molar-refractivity contribution in [1.82, 2.24) is 9.47 Å². The Balaban J connectivity index is 1.61. The molecule has 0 radical (unpaired) electrons. The largest absolute Gasteiger partial charge is 0.339 e. The van der Waals surface area contributed by atoms with E-state index in [-0.39, 0.29) is 11.5 Å². The van der Waals surface area contributed by atoms with Crippen LogP contribution >= 0.6 is 11.3 Å². The topological polar surface area (TPSA) is 54.7 Å². The van der Waals surface area contributed by atoms with Gasteiger partial charge in [0.25, 0.3) is 11.8 Å². The molecule has 0 unspecified atom stereocenters. The Morgan fingerprint density at radius 2 is 1.87 bits per heavy atom. The lowest BCUT2D eigenvalue weighted by atomic mass is 10.1. The summed E-state index contributed by atoms with van der Waals surface area (Å²) in [6, 6.07) is 13.4. The highest BCUT2D eigenvalue weighted by Gasteiger charge is 2.19. The van der Waals surface area contributed by atoms with E-state index in [0.717, 1.165) is 37.2 Å². The minimum Gasteiger partial charge on any atom is -0.339 e. The average Bonchev–Trinajstić information content (AvgIpc) is 3.40. The minimum atomic E-state index is -0.610. The van der Waals surface area contributed by atoms with Gasteiger partial charge in [0.15, 0.2) is 4.80 Å². The van der Waals surface area contributed by atoms with E-state index in [1.807, 2.05) is 46.0 Å². The van der Waals surface area contributed by atoms with Gasteiger partial charge in [0.05, 0.1) is 12.1 Å². The fourth-order valence-corrected chi connectivity index (χ4v) is 4.44. The number of aromatic nitrogens is 1. The van der Waals surface area contributed by atoms with Gasteiger partial charge in [0.2, 0.25) is 0 Å². The molecule has 0 atom stereocenters. The Hall–Kier alpha value is -3.06. The van der Waals surface area contributed by atoms with Crippen LogP contribution in [0.25, 0.3) is 0 Å². The number of hydrogen-bond donors (Lipinski definition) is 0. The first-order valence-electron chi connectivity index (χ1n) is 9.89. The number of hydrogen-bond acceptors (Lipinski definition) is 3. The molecule has 0 saturated carbocycles. The van der Waals surface area contributed by atoms with E-state index >= 15 is 0 Å². The molecule has 7 heteroatoms. The highest BCUT2D eigenvalue weighted by atomic mass is 32.1. The summed E-state index contributed by atoms with van der Waals surface area (Å²) in [6.07, 6.45) is 2.10. The lowest BCUT2D eigenvalue weighted by Gasteiger charge is -2.16. The smallest absolute Gasteiger partial charge is 0.282 e. The molecular weight excluding hydrogens is 401 g/mol. The molecule has 1 fully saturated rings. The molecule has 4 rings (SSSR count). The number of thiazole rings is 1. The maximum atomic E-state index is 13.9. The molecule has 154 valence electrons. The van der Waals surface area contributed by atoms with Gasteiger partial charge < -0.3 is 9.47 Å². The minimum absolute atomic E-state index is 0.0479. The van der Waals surface area contributed by atoms with Gasteiger partial charge in [-0.25, -0.2) is 4.39 Å². The molecule has 2 aromatic carbocycles. The van der Waals surface area contributed by atoms with Crippen LogP contribution in [-0.4, -0.2) is 34.4 Å². The van der Waals surface area contributed by atoms with Crippen LogP contribution in [0.1, 0.15) is 44.8 Å². The Morgan fingerprint density at radius 3 is 2.63 bits per heavy atom. The zero-order valence-corrected chi connectivity index (χ0v) is 17.5. The van der Waals surface area contributed by atoms with Crippen LogP contribution in [0.3, 0.4) is 0 Å². The molecule has 1 aliphatic rings.